The van der Waals surface area contributed by atoms with Crippen LogP contribution in [0.1, 0.15) is 34.8 Å². The number of aliphatic hydroxyl groups is 1. The van der Waals surface area contributed by atoms with Crippen LogP contribution in [0.2, 0.25) is 0 Å². The normalized spacial score (nSPS) is 16.1. The number of hydrogen-bond acceptors (Lipinski definition) is 6. The van der Waals surface area contributed by atoms with Crippen molar-refractivity contribution < 1.29 is 19.6 Å². The molecule has 0 bridgehead atoms. The maximum atomic E-state index is 12.4. The molecule has 144 valence electrons. The first-order valence-electron chi connectivity index (χ1n) is 8.55. The SMILES string of the molecule is CC1CC(=O)NN=C1c1ccc(NC(=O)c2ccc(CO)cc2)c([N+](=O)[O-])c1. The number of anilines is 1. The molecule has 3 rings (SSSR count). The van der Waals surface area contributed by atoms with E-state index in [2.05, 4.69) is 15.8 Å². The molecule has 2 aromatic rings. The molecule has 2 amide bonds. The predicted octanol–water partition coefficient (Wildman–Crippen LogP) is 2.20. The van der Waals surface area contributed by atoms with Gasteiger partial charge in [-0.15, -0.1) is 0 Å². The molecule has 0 aliphatic carbocycles. The van der Waals surface area contributed by atoms with Crippen LogP contribution in [0.25, 0.3) is 0 Å². The number of aliphatic hydroxyl groups excluding tert-OH is 1. The Kier molecular flexibility index (Phi) is 5.46. The van der Waals surface area contributed by atoms with E-state index in [9.17, 15) is 19.7 Å². The number of carbonyl (C=O) groups excluding carboxylic acids is 2. The third kappa shape index (κ3) is 4.04. The molecule has 1 heterocycles. The van der Waals surface area contributed by atoms with Gasteiger partial charge >= 0.3 is 0 Å². The summed E-state index contributed by atoms with van der Waals surface area (Å²) in [7, 11) is 0. The Morgan fingerprint density at radius 3 is 2.64 bits per heavy atom. The zero-order valence-corrected chi connectivity index (χ0v) is 15.0. The summed E-state index contributed by atoms with van der Waals surface area (Å²) in [6.45, 7) is 1.67. The lowest BCUT2D eigenvalue weighted by atomic mass is 9.93. The largest absolute Gasteiger partial charge is 0.392 e. The number of rotatable bonds is 5. The smallest absolute Gasteiger partial charge is 0.293 e. The van der Waals surface area contributed by atoms with Crippen molar-refractivity contribution in [3.63, 3.8) is 0 Å². The fourth-order valence-electron chi connectivity index (χ4n) is 2.91. The summed E-state index contributed by atoms with van der Waals surface area (Å²) in [6.07, 6.45) is 0.245. The second-order valence-electron chi connectivity index (χ2n) is 6.44. The van der Waals surface area contributed by atoms with Crippen molar-refractivity contribution in [2.75, 3.05) is 5.32 Å². The number of amides is 2. The van der Waals surface area contributed by atoms with Crippen molar-refractivity contribution in [3.05, 3.63) is 69.3 Å². The van der Waals surface area contributed by atoms with Gasteiger partial charge in [-0.05, 0) is 23.8 Å². The van der Waals surface area contributed by atoms with Crippen LogP contribution in [0.4, 0.5) is 11.4 Å². The minimum Gasteiger partial charge on any atom is -0.392 e. The highest BCUT2D eigenvalue weighted by Gasteiger charge is 2.25. The molecule has 1 aliphatic rings. The minimum atomic E-state index is -0.583. The van der Waals surface area contributed by atoms with E-state index in [4.69, 9.17) is 5.11 Å². The van der Waals surface area contributed by atoms with Gasteiger partial charge in [0.2, 0.25) is 5.91 Å². The van der Waals surface area contributed by atoms with Gasteiger partial charge in [-0.25, -0.2) is 5.43 Å². The van der Waals surface area contributed by atoms with Crippen LogP contribution >= 0.6 is 0 Å². The molecule has 3 N–H and O–H groups in total. The highest BCUT2D eigenvalue weighted by Crippen LogP contribution is 2.28. The molecule has 0 spiro atoms. The Balaban J connectivity index is 1.88. The Morgan fingerprint density at radius 1 is 1.32 bits per heavy atom. The number of nitro groups is 1. The number of nitrogens with one attached hydrogen (secondary N) is 2. The standard InChI is InChI=1S/C19H18N4O5/c1-11-8-17(25)21-22-18(11)14-6-7-15(16(9-14)23(27)28)20-19(26)13-4-2-12(10-24)3-5-13/h2-7,9,11,24H,8,10H2,1H3,(H,20,26)(H,21,25). The van der Waals surface area contributed by atoms with Gasteiger partial charge in [-0.3, -0.25) is 19.7 Å². The predicted molar refractivity (Wildman–Crippen MR) is 102 cm³/mol. The first-order valence-corrected chi connectivity index (χ1v) is 8.55. The molecule has 9 heteroatoms. The summed E-state index contributed by atoms with van der Waals surface area (Å²) in [5, 5.41) is 27.1. The number of nitro benzene ring substituents is 1. The monoisotopic (exact) mass is 382 g/mol. The van der Waals surface area contributed by atoms with Crippen LogP contribution in [0.3, 0.4) is 0 Å². The van der Waals surface area contributed by atoms with Crippen LogP contribution in [0, 0.1) is 16.0 Å². The number of carbonyl (C=O) groups is 2. The number of hydrogen-bond donors (Lipinski definition) is 3. The minimum absolute atomic E-state index is 0.0538. The molecule has 28 heavy (non-hydrogen) atoms. The van der Waals surface area contributed by atoms with E-state index in [-0.39, 0.29) is 36.2 Å². The molecule has 2 aromatic carbocycles. The van der Waals surface area contributed by atoms with Crippen molar-refractivity contribution in [2.45, 2.75) is 20.0 Å². The van der Waals surface area contributed by atoms with Crippen molar-refractivity contribution in [3.8, 4) is 0 Å². The Hall–Kier alpha value is -3.59. The second kappa shape index (κ2) is 7.97. The van der Waals surface area contributed by atoms with Crippen LogP contribution in [-0.4, -0.2) is 27.6 Å². The average Bonchev–Trinajstić information content (AvgIpc) is 2.68. The van der Waals surface area contributed by atoms with Crippen molar-refractivity contribution >= 4 is 28.9 Å². The Bertz CT molecular complexity index is 969. The van der Waals surface area contributed by atoms with Crippen molar-refractivity contribution in [1.29, 1.82) is 0 Å². The lowest BCUT2D eigenvalue weighted by Crippen LogP contribution is -2.32. The van der Waals surface area contributed by atoms with Gasteiger partial charge < -0.3 is 10.4 Å². The molecule has 1 aliphatic heterocycles. The Labute approximate surface area is 160 Å². The molecule has 0 aromatic heterocycles. The first kappa shape index (κ1) is 19.2. The van der Waals surface area contributed by atoms with Gasteiger partial charge in [0.25, 0.3) is 11.6 Å². The maximum absolute atomic E-state index is 12.4. The van der Waals surface area contributed by atoms with Crippen molar-refractivity contribution in [2.24, 2.45) is 11.0 Å². The van der Waals surface area contributed by atoms with E-state index in [0.29, 0.717) is 22.4 Å². The summed E-state index contributed by atoms with van der Waals surface area (Å²) in [5.41, 5.74) is 4.17. The average molecular weight is 382 g/mol. The van der Waals surface area contributed by atoms with Crippen LogP contribution < -0.4 is 10.7 Å². The number of hydrazone groups is 1. The number of benzene rings is 2. The van der Waals surface area contributed by atoms with Gasteiger partial charge in [0.15, 0.2) is 0 Å². The van der Waals surface area contributed by atoms with Crippen LogP contribution in [0.5, 0.6) is 0 Å². The highest BCUT2D eigenvalue weighted by atomic mass is 16.6. The summed E-state index contributed by atoms with van der Waals surface area (Å²) >= 11 is 0. The lowest BCUT2D eigenvalue weighted by molar-refractivity contribution is -0.383. The topological polar surface area (TPSA) is 134 Å². The van der Waals surface area contributed by atoms with E-state index < -0.39 is 10.8 Å². The van der Waals surface area contributed by atoms with Crippen molar-refractivity contribution in [1.82, 2.24) is 5.43 Å². The fraction of sp³-hybridized carbons (Fsp3) is 0.211. The van der Waals surface area contributed by atoms with E-state index in [1.165, 1.54) is 24.3 Å². The quantitative estimate of drug-likeness (QED) is 0.538. The third-order valence-corrected chi connectivity index (χ3v) is 4.40. The molecule has 1 atom stereocenters. The van der Waals surface area contributed by atoms with Gasteiger partial charge in [0.05, 0.1) is 17.2 Å². The second-order valence-corrected chi connectivity index (χ2v) is 6.44. The maximum Gasteiger partial charge on any atom is 0.293 e. The summed E-state index contributed by atoms with van der Waals surface area (Å²) in [6, 6.07) is 10.7. The molecular weight excluding hydrogens is 364 g/mol. The zero-order chi connectivity index (χ0) is 20.3. The molecule has 0 saturated carbocycles. The van der Waals surface area contributed by atoms with E-state index in [1.54, 1.807) is 18.2 Å². The molecular formula is C19H18N4O5. The Morgan fingerprint density at radius 2 is 2.04 bits per heavy atom. The third-order valence-electron chi connectivity index (χ3n) is 4.40. The van der Waals surface area contributed by atoms with E-state index >= 15 is 0 Å². The van der Waals surface area contributed by atoms with Gasteiger partial charge in [0, 0.05) is 29.5 Å². The fourth-order valence-corrected chi connectivity index (χ4v) is 2.91. The number of nitrogens with zero attached hydrogens (tertiary/aromatic N) is 2. The van der Waals surface area contributed by atoms with Crippen LogP contribution in [-0.2, 0) is 11.4 Å². The summed E-state index contributed by atoms with van der Waals surface area (Å²) in [4.78, 5) is 34.7. The van der Waals surface area contributed by atoms with Gasteiger partial charge in [0.1, 0.15) is 5.69 Å². The summed E-state index contributed by atoms with van der Waals surface area (Å²) < 4.78 is 0. The van der Waals surface area contributed by atoms with Gasteiger partial charge in [-0.2, -0.15) is 5.10 Å². The van der Waals surface area contributed by atoms with E-state index in [0.717, 1.165) is 0 Å². The molecule has 1 unspecified atom stereocenters. The molecule has 0 fully saturated rings. The van der Waals surface area contributed by atoms with Gasteiger partial charge in [-0.1, -0.05) is 25.1 Å². The molecule has 0 radical (unpaired) electrons. The van der Waals surface area contributed by atoms with Crippen LogP contribution in [0.15, 0.2) is 47.6 Å². The first-order chi connectivity index (χ1) is 13.4. The zero-order valence-electron chi connectivity index (χ0n) is 15.0. The summed E-state index contributed by atoms with van der Waals surface area (Å²) in [5.74, 6) is -0.892. The molecule has 0 saturated heterocycles. The molecule has 9 nitrogen and oxygen atoms in total. The lowest BCUT2D eigenvalue weighted by Gasteiger charge is -2.19. The highest BCUT2D eigenvalue weighted by molar-refractivity contribution is 6.08. The van der Waals surface area contributed by atoms with E-state index in [1.807, 2.05) is 6.92 Å².